The molecule has 3 aromatic carbocycles. The number of alkyl halides is 3. The average molecular weight is 445 g/mol. The lowest BCUT2D eigenvalue weighted by molar-refractivity contribution is -0.137. The fraction of sp³-hybridized carbons (Fsp3) is 0.208. The van der Waals surface area contributed by atoms with Gasteiger partial charge in [0.05, 0.1) is 26.9 Å². The van der Waals surface area contributed by atoms with Crippen LogP contribution in [0.25, 0.3) is 11.1 Å². The van der Waals surface area contributed by atoms with Crippen molar-refractivity contribution in [3.63, 3.8) is 0 Å². The van der Waals surface area contributed by atoms with Crippen molar-refractivity contribution >= 4 is 5.91 Å². The summed E-state index contributed by atoms with van der Waals surface area (Å²) < 4.78 is 54.5. The Hall–Kier alpha value is -3.68. The maximum atomic E-state index is 12.9. The van der Waals surface area contributed by atoms with Crippen LogP contribution in [0.5, 0.6) is 17.2 Å². The van der Waals surface area contributed by atoms with Crippen LogP contribution >= 0.6 is 0 Å². The lowest BCUT2D eigenvalue weighted by Crippen LogP contribution is -2.23. The minimum Gasteiger partial charge on any atom is -0.496 e. The minimum absolute atomic E-state index is 0.143. The van der Waals surface area contributed by atoms with Gasteiger partial charge in [0.1, 0.15) is 5.75 Å². The van der Waals surface area contributed by atoms with Gasteiger partial charge in [-0.2, -0.15) is 13.2 Å². The van der Waals surface area contributed by atoms with E-state index in [0.717, 1.165) is 12.1 Å². The Labute approximate surface area is 183 Å². The van der Waals surface area contributed by atoms with Crippen molar-refractivity contribution in [1.29, 1.82) is 0 Å². The highest BCUT2D eigenvalue weighted by Crippen LogP contribution is 2.35. The third-order valence-corrected chi connectivity index (χ3v) is 4.92. The molecule has 0 unspecified atom stereocenters. The maximum Gasteiger partial charge on any atom is 0.416 e. The van der Waals surface area contributed by atoms with Crippen LogP contribution in [0.4, 0.5) is 13.2 Å². The van der Waals surface area contributed by atoms with Gasteiger partial charge in [-0.15, -0.1) is 0 Å². The van der Waals surface area contributed by atoms with E-state index in [1.54, 1.807) is 36.4 Å². The van der Waals surface area contributed by atoms with Crippen molar-refractivity contribution in [2.45, 2.75) is 12.7 Å². The molecule has 168 valence electrons. The van der Waals surface area contributed by atoms with Crippen molar-refractivity contribution in [2.24, 2.45) is 0 Å². The van der Waals surface area contributed by atoms with E-state index in [9.17, 15) is 18.0 Å². The molecule has 0 bridgehead atoms. The largest absolute Gasteiger partial charge is 0.496 e. The summed E-state index contributed by atoms with van der Waals surface area (Å²) in [6.45, 7) is 0.143. The van der Waals surface area contributed by atoms with E-state index in [4.69, 9.17) is 14.2 Å². The molecule has 1 N–H and O–H groups in total. The number of hydrogen-bond donors (Lipinski definition) is 1. The second-order valence-corrected chi connectivity index (χ2v) is 6.82. The van der Waals surface area contributed by atoms with Crippen LogP contribution in [0.1, 0.15) is 21.5 Å². The van der Waals surface area contributed by atoms with Crippen molar-refractivity contribution in [3.8, 4) is 28.4 Å². The zero-order valence-corrected chi connectivity index (χ0v) is 17.7. The van der Waals surface area contributed by atoms with Crippen LogP contribution in [-0.2, 0) is 12.7 Å². The van der Waals surface area contributed by atoms with E-state index < -0.39 is 11.7 Å². The van der Waals surface area contributed by atoms with Gasteiger partial charge >= 0.3 is 6.18 Å². The van der Waals surface area contributed by atoms with E-state index in [0.29, 0.717) is 39.5 Å². The van der Waals surface area contributed by atoms with Crippen LogP contribution in [0.3, 0.4) is 0 Å². The highest BCUT2D eigenvalue weighted by atomic mass is 19.4. The predicted octanol–water partition coefficient (Wildman–Crippen LogP) is 5.33. The van der Waals surface area contributed by atoms with Crippen LogP contribution in [0, 0.1) is 0 Å². The summed E-state index contributed by atoms with van der Waals surface area (Å²) in [5.41, 5.74) is 1.30. The van der Waals surface area contributed by atoms with Gasteiger partial charge in [-0.05, 0) is 35.4 Å². The Morgan fingerprint density at radius 1 is 0.844 bits per heavy atom. The molecule has 0 saturated carbocycles. The Kier molecular flexibility index (Phi) is 6.92. The molecule has 0 spiro atoms. The lowest BCUT2D eigenvalue weighted by atomic mass is 9.98. The molecular formula is C24H22F3NO4. The number of amides is 1. The monoisotopic (exact) mass is 445 g/mol. The van der Waals surface area contributed by atoms with Crippen LogP contribution < -0.4 is 19.5 Å². The van der Waals surface area contributed by atoms with Gasteiger partial charge in [0.25, 0.3) is 5.91 Å². The molecule has 0 radical (unpaired) electrons. The summed E-state index contributed by atoms with van der Waals surface area (Å²) in [5.74, 6) is 1.12. The molecule has 0 aromatic heterocycles. The number of nitrogens with one attached hydrogen (secondary N) is 1. The summed E-state index contributed by atoms with van der Waals surface area (Å²) in [6.07, 6.45) is -4.42. The first kappa shape index (κ1) is 23.0. The lowest BCUT2D eigenvalue weighted by Gasteiger charge is -2.15. The molecule has 0 aliphatic carbocycles. The summed E-state index contributed by atoms with van der Waals surface area (Å²) in [7, 11) is 4.52. The molecule has 3 aromatic rings. The SMILES string of the molecule is COc1cc(OC)c(OC)cc1CNC(=O)c1ccccc1-c1ccc(C(F)(F)F)cc1. The molecular weight excluding hydrogens is 423 g/mol. The molecule has 0 fully saturated rings. The van der Waals surface area contributed by atoms with Gasteiger partial charge in [0, 0.05) is 23.7 Å². The number of hydrogen-bond acceptors (Lipinski definition) is 4. The number of methoxy groups -OCH3 is 3. The zero-order valence-electron chi connectivity index (χ0n) is 17.7. The van der Waals surface area contributed by atoms with E-state index in [1.165, 1.54) is 33.5 Å². The predicted molar refractivity (Wildman–Crippen MR) is 114 cm³/mol. The third-order valence-electron chi connectivity index (χ3n) is 4.92. The average Bonchev–Trinajstić information content (AvgIpc) is 2.81. The molecule has 8 heteroatoms. The number of carbonyl (C=O) groups excluding carboxylic acids is 1. The Balaban J connectivity index is 1.85. The molecule has 3 rings (SSSR count). The molecule has 5 nitrogen and oxygen atoms in total. The van der Waals surface area contributed by atoms with Gasteiger partial charge in [-0.3, -0.25) is 4.79 Å². The second-order valence-electron chi connectivity index (χ2n) is 6.82. The van der Waals surface area contributed by atoms with E-state index in [-0.39, 0.29) is 12.5 Å². The van der Waals surface area contributed by atoms with Crippen LogP contribution in [0.2, 0.25) is 0 Å². The van der Waals surface area contributed by atoms with E-state index >= 15 is 0 Å². The molecule has 0 heterocycles. The summed E-state index contributed by atoms with van der Waals surface area (Å²) >= 11 is 0. The van der Waals surface area contributed by atoms with Gasteiger partial charge < -0.3 is 19.5 Å². The fourth-order valence-electron chi connectivity index (χ4n) is 3.27. The first-order valence-corrected chi connectivity index (χ1v) is 9.62. The standard InChI is InChI=1S/C24H22F3NO4/c1-30-20-13-22(32-3)21(31-2)12-16(20)14-28-23(29)19-7-5-4-6-18(19)15-8-10-17(11-9-15)24(25,26)27/h4-13H,14H2,1-3H3,(H,28,29). The fourth-order valence-corrected chi connectivity index (χ4v) is 3.27. The number of ether oxygens (including phenoxy) is 3. The minimum atomic E-state index is -4.42. The molecule has 0 aliphatic heterocycles. The normalized spacial score (nSPS) is 11.1. The molecule has 0 atom stereocenters. The number of rotatable bonds is 7. The first-order valence-electron chi connectivity index (χ1n) is 9.62. The zero-order chi connectivity index (χ0) is 23.3. The van der Waals surface area contributed by atoms with Crippen molar-refractivity contribution in [2.75, 3.05) is 21.3 Å². The highest BCUT2D eigenvalue weighted by Gasteiger charge is 2.30. The summed E-state index contributed by atoms with van der Waals surface area (Å²) in [6, 6.07) is 14.8. The van der Waals surface area contributed by atoms with Crippen molar-refractivity contribution < 1.29 is 32.2 Å². The first-order chi connectivity index (χ1) is 15.3. The molecule has 0 saturated heterocycles. The van der Waals surface area contributed by atoms with Crippen molar-refractivity contribution in [1.82, 2.24) is 5.32 Å². The molecule has 0 aliphatic rings. The number of carbonyl (C=O) groups is 1. The van der Waals surface area contributed by atoms with Gasteiger partial charge in [-0.25, -0.2) is 0 Å². The van der Waals surface area contributed by atoms with Crippen LogP contribution in [0.15, 0.2) is 60.7 Å². The maximum absolute atomic E-state index is 12.9. The van der Waals surface area contributed by atoms with E-state index in [1.807, 2.05) is 0 Å². The third kappa shape index (κ3) is 4.96. The van der Waals surface area contributed by atoms with Crippen LogP contribution in [-0.4, -0.2) is 27.2 Å². The summed E-state index contributed by atoms with van der Waals surface area (Å²) in [4.78, 5) is 12.9. The van der Waals surface area contributed by atoms with Gasteiger partial charge in [0.15, 0.2) is 11.5 Å². The van der Waals surface area contributed by atoms with Crippen molar-refractivity contribution in [3.05, 3.63) is 77.4 Å². The smallest absolute Gasteiger partial charge is 0.416 e. The quantitative estimate of drug-likeness (QED) is 0.534. The van der Waals surface area contributed by atoms with Gasteiger partial charge in [0.2, 0.25) is 0 Å². The Morgan fingerprint density at radius 2 is 1.44 bits per heavy atom. The molecule has 32 heavy (non-hydrogen) atoms. The Bertz CT molecular complexity index is 1100. The highest BCUT2D eigenvalue weighted by molar-refractivity contribution is 6.00. The topological polar surface area (TPSA) is 56.8 Å². The van der Waals surface area contributed by atoms with E-state index in [2.05, 4.69) is 5.32 Å². The second kappa shape index (κ2) is 9.64. The van der Waals surface area contributed by atoms with Gasteiger partial charge in [-0.1, -0.05) is 30.3 Å². The molecule has 1 amide bonds. The number of benzene rings is 3. The number of halogens is 3. The summed E-state index contributed by atoms with van der Waals surface area (Å²) in [5, 5.41) is 2.83. The Morgan fingerprint density at radius 3 is 2.03 bits per heavy atom.